The molecule has 138 valence electrons. The van der Waals surface area contributed by atoms with Gasteiger partial charge in [0.2, 0.25) is 0 Å². The number of amides is 1. The van der Waals surface area contributed by atoms with Crippen LogP contribution in [0, 0.1) is 0 Å². The molecule has 26 heavy (non-hydrogen) atoms. The van der Waals surface area contributed by atoms with Crippen molar-refractivity contribution in [1.29, 1.82) is 0 Å². The first-order valence-corrected chi connectivity index (χ1v) is 8.54. The molecule has 0 saturated carbocycles. The van der Waals surface area contributed by atoms with Crippen molar-refractivity contribution in [2.24, 2.45) is 0 Å². The molecular weight excluding hydrogens is 390 g/mol. The third-order valence-corrected chi connectivity index (χ3v) is 4.60. The summed E-state index contributed by atoms with van der Waals surface area (Å²) in [6.07, 6.45) is -3.72. The van der Waals surface area contributed by atoms with Crippen LogP contribution in [0.25, 0.3) is 0 Å². The van der Waals surface area contributed by atoms with E-state index in [-0.39, 0.29) is 16.7 Å². The SMILES string of the molecule is O=C(c1cccc(Cl)c1)N1CCN(c2ncc(C(F)(F)F)cc2Cl)CC1. The van der Waals surface area contributed by atoms with Gasteiger partial charge in [0.15, 0.2) is 0 Å². The quantitative estimate of drug-likeness (QED) is 0.746. The highest BCUT2D eigenvalue weighted by Gasteiger charge is 2.32. The van der Waals surface area contributed by atoms with Crippen LogP contribution in [0.3, 0.4) is 0 Å². The average molecular weight is 404 g/mol. The minimum Gasteiger partial charge on any atom is -0.352 e. The smallest absolute Gasteiger partial charge is 0.352 e. The van der Waals surface area contributed by atoms with Gasteiger partial charge in [0, 0.05) is 43.0 Å². The van der Waals surface area contributed by atoms with Crippen LogP contribution in [0.1, 0.15) is 15.9 Å². The molecule has 1 aliphatic heterocycles. The Kier molecular flexibility index (Phi) is 5.29. The van der Waals surface area contributed by atoms with Crippen molar-refractivity contribution in [2.45, 2.75) is 6.18 Å². The largest absolute Gasteiger partial charge is 0.417 e. The molecule has 4 nitrogen and oxygen atoms in total. The van der Waals surface area contributed by atoms with E-state index in [1.165, 1.54) is 0 Å². The standard InChI is InChI=1S/C17H14Cl2F3N3O/c18-13-3-1-2-11(8-13)16(26)25-6-4-24(5-7-25)15-14(19)9-12(10-23-15)17(20,21)22/h1-3,8-10H,4-7H2. The molecular formula is C17H14Cl2F3N3O. The van der Waals surface area contributed by atoms with Gasteiger partial charge in [0.05, 0.1) is 10.6 Å². The minimum atomic E-state index is -4.49. The van der Waals surface area contributed by atoms with Gasteiger partial charge < -0.3 is 9.80 Å². The number of pyridine rings is 1. The number of piperazine rings is 1. The highest BCUT2D eigenvalue weighted by atomic mass is 35.5. The summed E-state index contributed by atoms with van der Waals surface area (Å²) in [5, 5.41) is 0.421. The number of hydrogen-bond acceptors (Lipinski definition) is 3. The topological polar surface area (TPSA) is 36.4 Å². The monoisotopic (exact) mass is 403 g/mol. The van der Waals surface area contributed by atoms with Crippen LogP contribution in [-0.2, 0) is 6.18 Å². The summed E-state index contributed by atoms with van der Waals surface area (Å²) in [6.45, 7) is 1.66. The van der Waals surface area contributed by atoms with E-state index in [1.807, 2.05) is 0 Å². The van der Waals surface area contributed by atoms with Crippen molar-refractivity contribution in [3.63, 3.8) is 0 Å². The van der Waals surface area contributed by atoms with Crippen molar-refractivity contribution in [1.82, 2.24) is 9.88 Å². The second-order valence-corrected chi connectivity index (χ2v) is 6.66. The maximum atomic E-state index is 12.7. The van der Waals surface area contributed by atoms with Gasteiger partial charge in [0.25, 0.3) is 5.91 Å². The van der Waals surface area contributed by atoms with Crippen molar-refractivity contribution in [3.8, 4) is 0 Å². The van der Waals surface area contributed by atoms with Crippen LogP contribution in [0.4, 0.5) is 19.0 Å². The summed E-state index contributed by atoms with van der Waals surface area (Å²) < 4.78 is 38.1. The molecule has 1 fully saturated rings. The third kappa shape index (κ3) is 4.04. The first-order valence-electron chi connectivity index (χ1n) is 7.78. The van der Waals surface area contributed by atoms with Gasteiger partial charge in [-0.15, -0.1) is 0 Å². The Morgan fingerprint density at radius 3 is 2.35 bits per heavy atom. The number of alkyl halides is 3. The number of rotatable bonds is 2. The Balaban J connectivity index is 1.68. The zero-order valence-electron chi connectivity index (χ0n) is 13.4. The first-order chi connectivity index (χ1) is 12.3. The fourth-order valence-electron chi connectivity index (χ4n) is 2.74. The van der Waals surface area contributed by atoms with E-state index < -0.39 is 11.7 Å². The van der Waals surface area contributed by atoms with Crippen molar-refractivity contribution >= 4 is 34.9 Å². The molecule has 1 aromatic heterocycles. The molecule has 0 atom stereocenters. The van der Waals surface area contributed by atoms with Crippen LogP contribution in [-0.4, -0.2) is 42.0 Å². The number of aromatic nitrogens is 1. The normalized spacial score (nSPS) is 15.3. The Bertz CT molecular complexity index is 821. The Morgan fingerprint density at radius 2 is 1.77 bits per heavy atom. The number of nitrogens with zero attached hydrogens (tertiary/aromatic N) is 3. The number of hydrogen-bond donors (Lipinski definition) is 0. The molecule has 0 unspecified atom stereocenters. The lowest BCUT2D eigenvalue weighted by Gasteiger charge is -2.35. The lowest BCUT2D eigenvalue weighted by atomic mass is 10.2. The summed E-state index contributed by atoms with van der Waals surface area (Å²) in [7, 11) is 0. The Labute approximate surface area is 158 Å². The third-order valence-electron chi connectivity index (χ3n) is 4.09. The Morgan fingerprint density at radius 1 is 1.08 bits per heavy atom. The van der Waals surface area contributed by atoms with Gasteiger partial charge in [-0.25, -0.2) is 4.98 Å². The molecule has 0 spiro atoms. The zero-order valence-corrected chi connectivity index (χ0v) is 14.9. The molecule has 0 aliphatic carbocycles. The van der Waals surface area contributed by atoms with E-state index in [9.17, 15) is 18.0 Å². The second kappa shape index (κ2) is 7.32. The van der Waals surface area contributed by atoms with E-state index >= 15 is 0 Å². The van der Waals surface area contributed by atoms with Crippen LogP contribution in [0.5, 0.6) is 0 Å². The van der Waals surface area contributed by atoms with E-state index in [1.54, 1.807) is 34.1 Å². The number of carbonyl (C=O) groups is 1. The minimum absolute atomic E-state index is 0.0607. The van der Waals surface area contributed by atoms with Crippen LogP contribution < -0.4 is 4.90 Å². The molecule has 2 heterocycles. The van der Waals surface area contributed by atoms with Gasteiger partial charge in [-0.3, -0.25) is 4.79 Å². The summed E-state index contributed by atoms with van der Waals surface area (Å²) in [4.78, 5) is 19.8. The molecule has 3 rings (SSSR count). The molecule has 0 N–H and O–H groups in total. The summed E-state index contributed by atoms with van der Waals surface area (Å²) in [5.41, 5.74) is -0.391. The fourth-order valence-corrected chi connectivity index (χ4v) is 3.22. The summed E-state index contributed by atoms with van der Waals surface area (Å²) in [6, 6.07) is 7.55. The zero-order chi connectivity index (χ0) is 18.9. The van der Waals surface area contributed by atoms with Gasteiger partial charge in [-0.05, 0) is 24.3 Å². The molecule has 2 aromatic rings. The first kappa shape index (κ1) is 18.8. The van der Waals surface area contributed by atoms with Crippen LogP contribution in [0.2, 0.25) is 10.0 Å². The fraction of sp³-hybridized carbons (Fsp3) is 0.294. The number of anilines is 1. The van der Waals surface area contributed by atoms with E-state index in [0.717, 1.165) is 12.3 Å². The molecule has 0 radical (unpaired) electrons. The van der Waals surface area contributed by atoms with Gasteiger partial charge >= 0.3 is 6.18 Å². The summed E-state index contributed by atoms with van der Waals surface area (Å²) in [5.74, 6) is 0.146. The lowest BCUT2D eigenvalue weighted by Crippen LogP contribution is -2.49. The molecule has 1 aliphatic rings. The van der Waals surface area contributed by atoms with Crippen molar-refractivity contribution in [2.75, 3.05) is 31.1 Å². The highest BCUT2D eigenvalue weighted by molar-refractivity contribution is 6.33. The van der Waals surface area contributed by atoms with Crippen LogP contribution in [0.15, 0.2) is 36.5 Å². The molecule has 1 amide bonds. The number of benzene rings is 1. The van der Waals surface area contributed by atoms with E-state index in [2.05, 4.69) is 4.98 Å². The van der Waals surface area contributed by atoms with Crippen LogP contribution >= 0.6 is 23.2 Å². The van der Waals surface area contributed by atoms with E-state index in [0.29, 0.717) is 36.8 Å². The molecule has 1 aromatic carbocycles. The lowest BCUT2D eigenvalue weighted by molar-refractivity contribution is -0.137. The molecule has 1 saturated heterocycles. The maximum absolute atomic E-state index is 12.7. The summed E-state index contributed by atoms with van der Waals surface area (Å²) >= 11 is 11.9. The number of halogens is 5. The van der Waals surface area contributed by atoms with Crippen molar-refractivity contribution < 1.29 is 18.0 Å². The molecule has 9 heteroatoms. The highest BCUT2D eigenvalue weighted by Crippen LogP contribution is 2.33. The Hall–Kier alpha value is -1.99. The average Bonchev–Trinajstić information content (AvgIpc) is 2.60. The second-order valence-electron chi connectivity index (χ2n) is 5.82. The van der Waals surface area contributed by atoms with Crippen molar-refractivity contribution in [3.05, 3.63) is 57.7 Å². The predicted molar refractivity (Wildman–Crippen MR) is 93.8 cm³/mol. The van der Waals surface area contributed by atoms with Gasteiger partial charge in [-0.1, -0.05) is 29.3 Å². The maximum Gasteiger partial charge on any atom is 0.417 e. The number of carbonyl (C=O) groups excluding carboxylic acids is 1. The van der Waals surface area contributed by atoms with E-state index in [4.69, 9.17) is 23.2 Å². The van der Waals surface area contributed by atoms with Gasteiger partial charge in [-0.2, -0.15) is 13.2 Å². The predicted octanol–water partition coefficient (Wildman–Crippen LogP) is 4.37. The molecule has 0 bridgehead atoms. The van der Waals surface area contributed by atoms with Gasteiger partial charge in [0.1, 0.15) is 5.82 Å².